The maximum absolute atomic E-state index is 13.6. The van der Waals surface area contributed by atoms with Gasteiger partial charge in [0.25, 0.3) is 0 Å². The van der Waals surface area contributed by atoms with E-state index >= 15 is 0 Å². The van der Waals surface area contributed by atoms with E-state index in [0.717, 1.165) is 0 Å². The number of hydrogen-bond donors (Lipinski definition) is 1. The lowest BCUT2D eigenvalue weighted by molar-refractivity contribution is 0.200. The predicted molar refractivity (Wildman–Crippen MR) is 63.4 cm³/mol. The molecule has 1 aromatic heterocycles. The quantitative estimate of drug-likeness (QED) is 0.915. The first-order valence-electron chi connectivity index (χ1n) is 5.27. The highest BCUT2D eigenvalue weighted by Crippen LogP contribution is 2.25. The molecule has 0 saturated heterocycles. The van der Waals surface area contributed by atoms with Gasteiger partial charge in [0.1, 0.15) is 17.7 Å². The van der Waals surface area contributed by atoms with E-state index in [4.69, 9.17) is 11.6 Å². The van der Waals surface area contributed by atoms with E-state index < -0.39 is 11.9 Å². The van der Waals surface area contributed by atoms with Crippen molar-refractivity contribution in [2.24, 2.45) is 0 Å². The van der Waals surface area contributed by atoms with Gasteiger partial charge in [0, 0.05) is 29.5 Å². The number of aliphatic hydroxyl groups is 1. The molecule has 1 atom stereocenters. The van der Waals surface area contributed by atoms with Crippen LogP contribution in [0.1, 0.15) is 24.4 Å². The van der Waals surface area contributed by atoms with Crippen molar-refractivity contribution in [1.82, 2.24) is 9.55 Å². The van der Waals surface area contributed by atoms with Crippen LogP contribution >= 0.6 is 11.6 Å². The Morgan fingerprint density at radius 2 is 2.29 bits per heavy atom. The molecule has 1 aromatic carbocycles. The summed E-state index contributed by atoms with van der Waals surface area (Å²) in [4.78, 5) is 4.04. The van der Waals surface area contributed by atoms with E-state index in [1.54, 1.807) is 17.0 Å². The first kappa shape index (κ1) is 12.1. The van der Waals surface area contributed by atoms with Crippen LogP contribution in [0.5, 0.6) is 0 Å². The van der Waals surface area contributed by atoms with Gasteiger partial charge < -0.3 is 9.67 Å². The molecular formula is C12H12ClFN2O. The Hall–Kier alpha value is -1.39. The maximum atomic E-state index is 13.6. The fourth-order valence-electron chi connectivity index (χ4n) is 1.70. The molecule has 2 aromatic rings. The lowest BCUT2D eigenvalue weighted by atomic mass is 10.1. The molecule has 2 rings (SSSR count). The van der Waals surface area contributed by atoms with E-state index in [9.17, 15) is 9.50 Å². The number of aliphatic hydroxyl groups excluding tert-OH is 1. The Balaban J connectivity index is 2.43. The van der Waals surface area contributed by atoms with Crippen molar-refractivity contribution in [3.8, 4) is 0 Å². The third-order valence-electron chi connectivity index (χ3n) is 2.59. The van der Waals surface area contributed by atoms with Crippen molar-refractivity contribution in [3.05, 3.63) is 52.8 Å². The summed E-state index contributed by atoms with van der Waals surface area (Å²) in [5.41, 5.74) is 0.137. The summed E-state index contributed by atoms with van der Waals surface area (Å²) in [5, 5.41) is 10.5. The summed E-state index contributed by atoms with van der Waals surface area (Å²) in [6, 6.07) is 4.09. The number of nitrogens with zero attached hydrogens (tertiary/aromatic N) is 2. The van der Waals surface area contributed by atoms with Crippen LogP contribution in [0.3, 0.4) is 0 Å². The second-order valence-electron chi connectivity index (χ2n) is 3.64. The van der Waals surface area contributed by atoms with Crippen LogP contribution in [0.2, 0.25) is 5.02 Å². The summed E-state index contributed by atoms with van der Waals surface area (Å²) in [6.45, 7) is 2.58. The van der Waals surface area contributed by atoms with Crippen LogP contribution in [0.25, 0.3) is 0 Å². The molecule has 0 fully saturated rings. The number of aryl methyl sites for hydroxylation is 1. The molecule has 1 unspecified atom stereocenters. The van der Waals surface area contributed by atoms with Crippen molar-refractivity contribution in [2.45, 2.75) is 19.6 Å². The monoisotopic (exact) mass is 254 g/mol. The standard InChI is InChI=1S/C12H12ClFN2O/c1-2-16-6-5-15-12(16)11(17)9-7-8(13)3-4-10(9)14/h3-7,11,17H,2H2,1H3. The molecule has 17 heavy (non-hydrogen) atoms. The molecule has 0 spiro atoms. The second kappa shape index (κ2) is 4.85. The minimum atomic E-state index is -1.11. The van der Waals surface area contributed by atoms with Crippen molar-refractivity contribution in [3.63, 3.8) is 0 Å². The SMILES string of the molecule is CCn1ccnc1C(O)c1cc(Cl)ccc1F. The smallest absolute Gasteiger partial charge is 0.142 e. The average Bonchev–Trinajstić information content (AvgIpc) is 2.79. The number of rotatable bonds is 3. The molecule has 3 nitrogen and oxygen atoms in total. The van der Waals surface area contributed by atoms with Crippen molar-refractivity contribution in [2.75, 3.05) is 0 Å². The largest absolute Gasteiger partial charge is 0.380 e. The normalized spacial score (nSPS) is 12.7. The zero-order valence-electron chi connectivity index (χ0n) is 9.27. The Bertz CT molecular complexity index is 527. The van der Waals surface area contributed by atoms with Crippen LogP contribution in [0.15, 0.2) is 30.6 Å². The molecule has 0 aliphatic heterocycles. The highest BCUT2D eigenvalue weighted by Gasteiger charge is 2.19. The number of aromatic nitrogens is 2. The Morgan fingerprint density at radius 1 is 1.53 bits per heavy atom. The first-order valence-corrected chi connectivity index (χ1v) is 5.65. The van der Waals surface area contributed by atoms with Gasteiger partial charge in [0.15, 0.2) is 0 Å². The highest BCUT2D eigenvalue weighted by molar-refractivity contribution is 6.30. The van der Waals surface area contributed by atoms with Gasteiger partial charge in [-0.1, -0.05) is 11.6 Å². The van der Waals surface area contributed by atoms with Crippen LogP contribution in [-0.2, 0) is 6.54 Å². The minimum absolute atomic E-state index is 0.137. The van der Waals surface area contributed by atoms with Gasteiger partial charge in [-0.15, -0.1) is 0 Å². The summed E-state index contributed by atoms with van der Waals surface area (Å²) in [7, 11) is 0. The van der Waals surface area contributed by atoms with Gasteiger partial charge in [-0.3, -0.25) is 0 Å². The Labute approximate surface area is 103 Å². The number of imidazole rings is 1. The van der Waals surface area contributed by atoms with E-state index in [0.29, 0.717) is 17.4 Å². The lowest BCUT2D eigenvalue weighted by Crippen LogP contribution is -2.10. The van der Waals surface area contributed by atoms with Gasteiger partial charge in [-0.2, -0.15) is 0 Å². The third-order valence-corrected chi connectivity index (χ3v) is 2.82. The molecule has 1 N–H and O–H groups in total. The fraction of sp³-hybridized carbons (Fsp3) is 0.250. The molecule has 0 bridgehead atoms. The first-order chi connectivity index (χ1) is 8.13. The van der Waals surface area contributed by atoms with Crippen molar-refractivity contribution < 1.29 is 9.50 Å². The van der Waals surface area contributed by atoms with E-state index in [1.807, 2.05) is 6.92 Å². The summed E-state index contributed by atoms with van der Waals surface area (Å²) in [6.07, 6.45) is 2.20. The van der Waals surface area contributed by atoms with E-state index in [1.165, 1.54) is 18.2 Å². The van der Waals surface area contributed by atoms with Gasteiger partial charge in [0.05, 0.1) is 0 Å². The van der Waals surface area contributed by atoms with Crippen molar-refractivity contribution >= 4 is 11.6 Å². The van der Waals surface area contributed by atoms with Crippen molar-refractivity contribution in [1.29, 1.82) is 0 Å². The topological polar surface area (TPSA) is 38.0 Å². The number of halogens is 2. The Kier molecular flexibility index (Phi) is 3.45. The molecule has 5 heteroatoms. The molecule has 1 heterocycles. The molecular weight excluding hydrogens is 243 g/mol. The van der Waals surface area contributed by atoms with Gasteiger partial charge >= 0.3 is 0 Å². The summed E-state index contributed by atoms with van der Waals surface area (Å²) >= 11 is 5.79. The minimum Gasteiger partial charge on any atom is -0.380 e. The zero-order valence-corrected chi connectivity index (χ0v) is 10.0. The second-order valence-corrected chi connectivity index (χ2v) is 4.08. The number of hydrogen-bond acceptors (Lipinski definition) is 2. The van der Waals surface area contributed by atoms with E-state index in [2.05, 4.69) is 4.98 Å². The summed E-state index contributed by atoms with van der Waals surface area (Å²) < 4.78 is 15.3. The van der Waals surface area contributed by atoms with Crippen LogP contribution < -0.4 is 0 Å². The molecule has 0 aliphatic rings. The van der Waals surface area contributed by atoms with Crippen LogP contribution in [0.4, 0.5) is 4.39 Å². The van der Waals surface area contributed by atoms with E-state index in [-0.39, 0.29) is 5.56 Å². The molecule has 0 radical (unpaired) electrons. The van der Waals surface area contributed by atoms with Gasteiger partial charge in [0.2, 0.25) is 0 Å². The molecule has 0 saturated carbocycles. The predicted octanol–water partition coefficient (Wildman–Crippen LogP) is 2.78. The molecule has 90 valence electrons. The summed E-state index contributed by atoms with van der Waals surface area (Å²) in [5.74, 6) is -0.0822. The van der Waals surface area contributed by atoms with Gasteiger partial charge in [-0.05, 0) is 25.1 Å². The Morgan fingerprint density at radius 3 is 3.00 bits per heavy atom. The molecule has 0 aliphatic carbocycles. The fourth-order valence-corrected chi connectivity index (χ4v) is 1.88. The lowest BCUT2D eigenvalue weighted by Gasteiger charge is -2.13. The van der Waals surface area contributed by atoms with Crippen LogP contribution in [0, 0.1) is 5.82 Å². The zero-order chi connectivity index (χ0) is 12.4. The molecule has 0 amide bonds. The average molecular weight is 255 g/mol. The number of benzene rings is 1. The maximum Gasteiger partial charge on any atom is 0.142 e. The third kappa shape index (κ3) is 2.33. The van der Waals surface area contributed by atoms with Crippen LogP contribution in [-0.4, -0.2) is 14.7 Å². The highest BCUT2D eigenvalue weighted by atomic mass is 35.5. The van der Waals surface area contributed by atoms with Gasteiger partial charge in [-0.25, -0.2) is 9.37 Å².